The van der Waals surface area contributed by atoms with Crippen LogP contribution in [0.2, 0.25) is 0 Å². The molecule has 3 heterocycles. The summed E-state index contributed by atoms with van der Waals surface area (Å²) in [6.45, 7) is 0. The van der Waals surface area contributed by atoms with Gasteiger partial charge in [-0.15, -0.1) is 0 Å². The van der Waals surface area contributed by atoms with Crippen molar-refractivity contribution >= 4 is 54.5 Å². The molecule has 4 heteroatoms. The molecule has 0 bridgehead atoms. The number of hydrogen-bond acceptors (Lipinski definition) is 2. The summed E-state index contributed by atoms with van der Waals surface area (Å²) in [7, 11) is 0. The summed E-state index contributed by atoms with van der Waals surface area (Å²) < 4.78 is 4.76. The van der Waals surface area contributed by atoms with Crippen LogP contribution in [0.1, 0.15) is 0 Å². The summed E-state index contributed by atoms with van der Waals surface area (Å²) in [5, 5.41) is 5.97. The Morgan fingerprint density at radius 1 is 0.333 bits per heavy atom. The Morgan fingerprint density at radius 2 is 0.792 bits per heavy atom. The number of benzene rings is 7. The molecule has 224 valence electrons. The minimum atomic E-state index is 0.726. The number of hydrogen-bond donors (Lipinski definition) is 0. The summed E-state index contributed by atoms with van der Waals surface area (Å²) in [5.41, 5.74) is 10.9. The van der Waals surface area contributed by atoms with E-state index >= 15 is 0 Å². The Bertz CT molecular complexity index is 2770. The summed E-state index contributed by atoms with van der Waals surface area (Å²) >= 11 is 0. The van der Waals surface area contributed by atoms with Crippen LogP contribution in [0, 0.1) is 0 Å². The number of fused-ring (bicyclic) bond motifs is 7. The third kappa shape index (κ3) is 4.03. The molecule has 48 heavy (non-hydrogen) atoms. The van der Waals surface area contributed by atoms with Gasteiger partial charge in [0.05, 0.1) is 33.3 Å². The summed E-state index contributed by atoms with van der Waals surface area (Å²) in [6.07, 6.45) is 0. The van der Waals surface area contributed by atoms with Crippen molar-refractivity contribution in [3.8, 4) is 34.0 Å². The lowest BCUT2D eigenvalue weighted by Gasteiger charge is -2.13. The van der Waals surface area contributed by atoms with Gasteiger partial charge in [-0.2, -0.15) is 0 Å². The molecule has 10 aromatic rings. The molecule has 0 atom stereocenters. The lowest BCUT2D eigenvalue weighted by Crippen LogP contribution is -1.98. The molecule has 0 amide bonds. The molecule has 4 nitrogen and oxygen atoms in total. The van der Waals surface area contributed by atoms with Crippen LogP contribution in [-0.4, -0.2) is 19.1 Å². The minimum absolute atomic E-state index is 0.726. The summed E-state index contributed by atoms with van der Waals surface area (Å²) in [6, 6.07) is 60.1. The fraction of sp³-hybridized carbons (Fsp3) is 0. The smallest absolute Gasteiger partial charge is 0.160 e. The normalized spacial score (nSPS) is 11.8. The number of aromatic nitrogens is 4. The molecule has 0 saturated heterocycles. The van der Waals surface area contributed by atoms with Gasteiger partial charge in [0, 0.05) is 49.4 Å². The second-order valence-corrected chi connectivity index (χ2v) is 12.3. The van der Waals surface area contributed by atoms with Gasteiger partial charge >= 0.3 is 0 Å². The van der Waals surface area contributed by atoms with Gasteiger partial charge in [-0.1, -0.05) is 115 Å². The first-order valence-electron chi connectivity index (χ1n) is 16.3. The van der Waals surface area contributed by atoms with Gasteiger partial charge in [-0.25, -0.2) is 9.97 Å². The van der Waals surface area contributed by atoms with E-state index in [1.54, 1.807) is 0 Å². The minimum Gasteiger partial charge on any atom is -0.309 e. The van der Waals surface area contributed by atoms with Crippen LogP contribution >= 0.6 is 0 Å². The SMILES string of the molecule is c1ccc(-c2nc(-c3ccccc3)c3cc(-n4c5ccccc5c5cc(-n6c7ccccc7c7ccccc76)ccc54)ccc3n2)cc1. The Morgan fingerprint density at radius 3 is 1.40 bits per heavy atom. The zero-order valence-electron chi connectivity index (χ0n) is 26.0. The molecule has 0 unspecified atom stereocenters. The van der Waals surface area contributed by atoms with Crippen LogP contribution in [0.25, 0.3) is 88.5 Å². The van der Waals surface area contributed by atoms with Crippen molar-refractivity contribution in [1.82, 2.24) is 19.1 Å². The van der Waals surface area contributed by atoms with Crippen molar-refractivity contribution in [2.45, 2.75) is 0 Å². The predicted molar refractivity (Wildman–Crippen MR) is 199 cm³/mol. The molecular formula is C44H28N4. The first kappa shape index (κ1) is 26.7. The highest BCUT2D eigenvalue weighted by molar-refractivity contribution is 6.12. The van der Waals surface area contributed by atoms with Crippen LogP contribution < -0.4 is 0 Å². The largest absolute Gasteiger partial charge is 0.309 e. The average Bonchev–Trinajstić information content (AvgIpc) is 3.67. The molecule has 7 aromatic carbocycles. The zero-order chi connectivity index (χ0) is 31.6. The van der Waals surface area contributed by atoms with E-state index in [9.17, 15) is 0 Å². The molecule has 0 radical (unpaired) electrons. The van der Waals surface area contributed by atoms with Crippen molar-refractivity contribution < 1.29 is 0 Å². The van der Waals surface area contributed by atoms with Crippen LogP contribution in [0.4, 0.5) is 0 Å². The molecule has 0 saturated carbocycles. The third-order valence-electron chi connectivity index (χ3n) is 9.51. The molecular weight excluding hydrogens is 585 g/mol. The lowest BCUT2D eigenvalue weighted by molar-refractivity contribution is 1.16. The van der Waals surface area contributed by atoms with Gasteiger partial charge in [0.25, 0.3) is 0 Å². The van der Waals surface area contributed by atoms with Gasteiger partial charge in [0.15, 0.2) is 5.82 Å². The van der Waals surface area contributed by atoms with E-state index in [0.29, 0.717) is 0 Å². The van der Waals surface area contributed by atoms with Gasteiger partial charge in [0.1, 0.15) is 0 Å². The summed E-state index contributed by atoms with van der Waals surface area (Å²) in [5.74, 6) is 0.726. The van der Waals surface area contributed by atoms with Crippen LogP contribution in [0.15, 0.2) is 170 Å². The predicted octanol–water partition coefficient (Wildman–Crippen LogP) is 11.2. The molecule has 3 aromatic heterocycles. The van der Waals surface area contributed by atoms with E-state index in [0.717, 1.165) is 56.0 Å². The second kappa shape index (κ2) is 10.5. The van der Waals surface area contributed by atoms with Crippen molar-refractivity contribution in [3.63, 3.8) is 0 Å². The van der Waals surface area contributed by atoms with Crippen molar-refractivity contribution in [1.29, 1.82) is 0 Å². The molecule has 0 N–H and O–H groups in total. The number of nitrogens with zero attached hydrogens (tertiary/aromatic N) is 4. The molecule has 0 aliphatic heterocycles. The molecule has 0 spiro atoms. The van der Waals surface area contributed by atoms with Crippen LogP contribution in [0.5, 0.6) is 0 Å². The van der Waals surface area contributed by atoms with Crippen molar-refractivity contribution in [3.05, 3.63) is 170 Å². The summed E-state index contributed by atoms with van der Waals surface area (Å²) in [4.78, 5) is 10.2. The fourth-order valence-electron chi connectivity index (χ4n) is 7.37. The Hall–Kier alpha value is -6.52. The van der Waals surface area contributed by atoms with Crippen LogP contribution in [0.3, 0.4) is 0 Å². The van der Waals surface area contributed by atoms with Crippen molar-refractivity contribution in [2.24, 2.45) is 0 Å². The van der Waals surface area contributed by atoms with Gasteiger partial charge in [0.2, 0.25) is 0 Å². The highest BCUT2D eigenvalue weighted by Crippen LogP contribution is 2.38. The zero-order valence-corrected chi connectivity index (χ0v) is 26.0. The standard InChI is InChI=1S/C44H28N4/c1-3-13-29(14-4-1)43-37-28-31(23-25-38(37)45-44(46-43)30-15-5-2-6-16-30)48-41-22-12-9-19-35(41)36-27-32(24-26-42(36)48)47-39-20-10-7-17-33(39)34-18-8-11-21-40(34)47/h1-28H. The molecule has 0 aliphatic rings. The topological polar surface area (TPSA) is 35.6 Å². The third-order valence-corrected chi connectivity index (χ3v) is 9.51. The van der Waals surface area contributed by atoms with Gasteiger partial charge in [-0.3, -0.25) is 0 Å². The maximum Gasteiger partial charge on any atom is 0.160 e. The second-order valence-electron chi connectivity index (χ2n) is 12.3. The highest BCUT2D eigenvalue weighted by atomic mass is 15.0. The maximum atomic E-state index is 5.16. The first-order valence-corrected chi connectivity index (χ1v) is 16.3. The van der Waals surface area contributed by atoms with Crippen LogP contribution in [-0.2, 0) is 0 Å². The average molecular weight is 613 g/mol. The van der Waals surface area contributed by atoms with Crippen molar-refractivity contribution in [2.75, 3.05) is 0 Å². The Balaban J connectivity index is 1.21. The van der Waals surface area contributed by atoms with E-state index in [1.165, 1.54) is 32.6 Å². The fourth-order valence-corrected chi connectivity index (χ4v) is 7.37. The Kier molecular flexibility index (Phi) is 5.84. The highest BCUT2D eigenvalue weighted by Gasteiger charge is 2.18. The van der Waals surface area contributed by atoms with E-state index in [1.807, 2.05) is 24.3 Å². The lowest BCUT2D eigenvalue weighted by atomic mass is 10.0. The van der Waals surface area contributed by atoms with E-state index in [4.69, 9.17) is 9.97 Å². The van der Waals surface area contributed by atoms with E-state index in [2.05, 4.69) is 155 Å². The first-order chi connectivity index (χ1) is 23.8. The Labute approximate surface area is 276 Å². The van der Waals surface area contributed by atoms with Gasteiger partial charge < -0.3 is 9.13 Å². The maximum absolute atomic E-state index is 5.16. The van der Waals surface area contributed by atoms with E-state index in [-0.39, 0.29) is 0 Å². The molecule has 0 aliphatic carbocycles. The van der Waals surface area contributed by atoms with E-state index < -0.39 is 0 Å². The molecule has 0 fully saturated rings. The molecule has 10 rings (SSSR count). The van der Waals surface area contributed by atoms with Gasteiger partial charge in [-0.05, 0) is 54.6 Å². The quantitative estimate of drug-likeness (QED) is 0.198. The monoisotopic (exact) mass is 612 g/mol. The number of para-hydroxylation sites is 3. The number of rotatable bonds is 4.